The highest BCUT2D eigenvalue weighted by molar-refractivity contribution is 7.91. The van der Waals surface area contributed by atoms with Gasteiger partial charge in [0.1, 0.15) is 4.21 Å². The van der Waals surface area contributed by atoms with Gasteiger partial charge in [-0.1, -0.05) is 20.3 Å². The number of hydrogen-bond donors (Lipinski definition) is 1. The molecule has 0 spiro atoms. The van der Waals surface area contributed by atoms with Gasteiger partial charge in [0.05, 0.1) is 0 Å². The topological polar surface area (TPSA) is 49.4 Å². The van der Waals surface area contributed by atoms with Crippen molar-refractivity contribution >= 4 is 21.4 Å². The minimum Gasteiger partial charge on any atom is -0.315 e. The van der Waals surface area contributed by atoms with E-state index in [0.29, 0.717) is 16.7 Å². The van der Waals surface area contributed by atoms with Crippen molar-refractivity contribution in [1.29, 1.82) is 0 Å². The first-order valence-corrected chi connectivity index (χ1v) is 9.96. The second kappa shape index (κ2) is 7.22. The van der Waals surface area contributed by atoms with Crippen molar-refractivity contribution in [2.45, 2.75) is 50.3 Å². The van der Waals surface area contributed by atoms with Gasteiger partial charge in [-0.3, -0.25) is 0 Å². The molecule has 1 aromatic rings. The fourth-order valence-electron chi connectivity index (χ4n) is 2.70. The summed E-state index contributed by atoms with van der Waals surface area (Å²) in [6.07, 6.45) is 3.03. The zero-order valence-electron chi connectivity index (χ0n) is 13.1. The van der Waals surface area contributed by atoms with Gasteiger partial charge >= 0.3 is 0 Å². The van der Waals surface area contributed by atoms with Crippen molar-refractivity contribution in [3.05, 3.63) is 17.0 Å². The number of aryl methyl sites for hydroxylation is 1. The monoisotopic (exact) mass is 330 g/mol. The van der Waals surface area contributed by atoms with E-state index in [9.17, 15) is 8.42 Å². The molecule has 0 bridgehead atoms. The van der Waals surface area contributed by atoms with Crippen LogP contribution in [0.15, 0.2) is 16.3 Å². The number of sulfonamides is 1. The van der Waals surface area contributed by atoms with Gasteiger partial charge in [0.2, 0.25) is 0 Å². The molecule has 1 aliphatic heterocycles. The predicted octanol–water partition coefficient (Wildman–Crippen LogP) is 2.85. The normalized spacial score (nSPS) is 21.0. The maximum absolute atomic E-state index is 12.8. The van der Waals surface area contributed by atoms with Crippen LogP contribution >= 0.6 is 11.3 Å². The number of thiophene rings is 1. The molecule has 0 aliphatic carbocycles. The van der Waals surface area contributed by atoms with Gasteiger partial charge in [-0.15, -0.1) is 11.3 Å². The molecule has 21 heavy (non-hydrogen) atoms. The van der Waals surface area contributed by atoms with Crippen LogP contribution in [0.5, 0.6) is 0 Å². The Kier molecular flexibility index (Phi) is 5.82. The predicted molar refractivity (Wildman–Crippen MR) is 88.3 cm³/mol. The second-order valence-corrected chi connectivity index (χ2v) is 9.59. The van der Waals surface area contributed by atoms with Crippen molar-refractivity contribution in [2.75, 3.05) is 19.6 Å². The molecule has 0 saturated carbocycles. The van der Waals surface area contributed by atoms with Gasteiger partial charge in [0.25, 0.3) is 10.0 Å². The molecule has 1 aromatic heterocycles. The Balaban J connectivity index is 2.10. The summed E-state index contributed by atoms with van der Waals surface area (Å²) in [6.45, 7) is 8.60. The lowest BCUT2D eigenvalue weighted by Crippen LogP contribution is -2.48. The first kappa shape index (κ1) is 16.9. The summed E-state index contributed by atoms with van der Waals surface area (Å²) in [5.74, 6) is 0.582. The lowest BCUT2D eigenvalue weighted by Gasteiger charge is -2.34. The Hall–Kier alpha value is -0.430. The first-order chi connectivity index (χ1) is 9.91. The van der Waals surface area contributed by atoms with E-state index in [2.05, 4.69) is 19.2 Å². The summed E-state index contributed by atoms with van der Waals surface area (Å²) in [5.41, 5.74) is 0. The average molecular weight is 331 g/mol. The highest BCUT2D eigenvalue weighted by atomic mass is 32.2. The van der Waals surface area contributed by atoms with E-state index in [-0.39, 0.29) is 6.04 Å². The Morgan fingerprint density at radius 3 is 2.76 bits per heavy atom. The SMILES string of the molecule is Cc1ccc(S(=O)(=O)N2CCCCC2CNCC(C)C)s1. The largest absolute Gasteiger partial charge is 0.315 e. The Morgan fingerprint density at radius 2 is 2.14 bits per heavy atom. The van der Waals surface area contributed by atoms with Crippen molar-refractivity contribution < 1.29 is 8.42 Å². The summed E-state index contributed by atoms with van der Waals surface area (Å²) >= 11 is 1.37. The second-order valence-electron chi connectivity index (χ2n) is 6.18. The van der Waals surface area contributed by atoms with E-state index < -0.39 is 10.0 Å². The van der Waals surface area contributed by atoms with Crippen molar-refractivity contribution in [3.63, 3.8) is 0 Å². The summed E-state index contributed by atoms with van der Waals surface area (Å²) in [5, 5.41) is 3.41. The van der Waals surface area contributed by atoms with Crippen LogP contribution in [0, 0.1) is 12.8 Å². The van der Waals surface area contributed by atoms with E-state index in [1.54, 1.807) is 10.4 Å². The fraction of sp³-hybridized carbons (Fsp3) is 0.733. The van der Waals surface area contributed by atoms with Gasteiger partial charge in [-0.2, -0.15) is 4.31 Å². The maximum atomic E-state index is 12.8. The molecule has 4 nitrogen and oxygen atoms in total. The van der Waals surface area contributed by atoms with Crippen LogP contribution in [0.25, 0.3) is 0 Å². The highest BCUT2D eigenvalue weighted by Crippen LogP contribution is 2.29. The lowest BCUT2D eigenvalue weighted by molar-refractivity contribution is 0.244. The van der Waals surface area contributed by atoms with Crippen LogP contribution in [0.4, 0.5) is 0 Å². The zero-order valence-corrected chi connectivity index (χ0v) is 14.8. The molecule has 2 heterocycles. The molecule has 6 heteroatoms. The number of rotatable bonds is 6. The quantitative estimate of drug-likeness (QED) is 0.872. The first-order valence-electron chi connectivity index (χ1n) is 7.70. The number of nitrogens with zero attached hydrogens (tertiary/aromatic N) is 1. The van der Waals surface area contributed by atoms with Crippen molar-refractivity contribution in [2.24, 2.45) is 5.92 Å². The summed E-state index contributed by atoms with van der Waals surface area (Å²) in [4.78, 5) is 1.04. The van der Waals surface area contributed by atoms with E-state index >= 15 is 0 Å². The molecule has 0 amide bonds. The third-order valence-corrected chi connectivity index (χ3v) is 7.20. The standard InChI is InChI=1S/C15H26N2O2S2/c1-12(2)10-16-11-14-6-4-5-9-17(14)21(18,19)15-8-7-13(3)20-15/h7-8,12,14,16H,4-6,9-11H2,1-3H3. The Morgan fingerprint density at radius 1 is 1.38 bits per heavy atom. The summed E-state index contributed by atoms with van der Waals surface area (Å²) in [6, 6.07) is 3.71. The molecule has 1 N–H and O–H groups in total. The van der Waals surface area contributed by atoms with Crippen molar-refractivity contribution in [1.82, 2.24) is 9.62 Å². The van der Waals surface area contributed by atoms with Gasteiger partial charge in [-0.05, 0) is 44.4 Å². The molecule has 1 atom stereocenters. The van der Waals surface area contributed by atoms with Crippen LogP contribution in [-0.4, -0.2) is 38.4 Å². The molecular weight excluding hydrogens is 304 g/mol. The van der Waals surface area contributed by atoms with Crippen LogP contribution in [0.3, 0.4) is 0 Å². The maximum Gasteiger partial charge on any atom is 0.252 e. The third-order valence-electron chi connectivity index (χ3n) is 3.78. The molecule has 1 unspecified atom stereocenters. The molecule has 2 rings (SSSR count). The van der Waals surface area contributed by atoms with E-state index in [0.717, 1.165) is 37.2 Å². The molecule has 0 radical (unpaired) electrons. The minimum absolute atomic E-state index is 0.0879. The van der Waals surface area contributed by atoms with Crippen LogP contribution in [-0.2, 0) is 10.0 Å². The van der Waals surface area contributed by atoms with E-state index in [4.69, 9.17) is 0 Å². The average Bonchev–Trinajstić information content (AvgIpc) is 2.86. The number of piperidine rings is 1. The van der Waals surface area contributed by atoms with Gasteiger partial charge in [-0.25, -0.2) is 8.42 Å². The van der Waals surface area contributed by atoms with Gasteiger partial charge < -0.3 is 5.32 Å². The van der Waals surface area contributed by atoms with E-state index in [1.807, 2.05) is 13.0 Å². The summed E-state index contributed by atoms with van der Waals surface area (Å²) < 4.78 is 27.8. The van der Waals surface area contributed by atoms with Crippen LogP contribution in [0.2, 0.25) is 0 Å². The molecule has 0 aromatic carbocycles. The summed E-state index contributed by atoms with van der Waals surface area (Å²) in [7, 11) is -3.33. The van der Waals surface area contributed by atoms with Gasteiger partial charge in [0.15, 0.2) is 0 Å². The molecule has 1 fully saturated rings. The van der Waals surface area contributed by atoms with E-state index in [1.165, 1.54) is 11.3 Å². The molecule has 1 aliphatic rings. The lowest BCUT2D eigenvalue weighted by atomic mass is 10.0. The van der Waals surface area contributed by atoms with Gasteiger partial charge in [0, 0.05) is 24.0 Å². The Labute approximate surface area is 132 Å². The van der Waals surface area contributed by atoms with Crippen LogP contribution in [0.1, 0.15) is 38.0 Å². The highest BCUT2D eigenvalue weighted by Gasteiger charge is 2.33. The number of nitrogens with one attached hydrogen (secondary N) is 1. The molecule has 1 saturated heterocycles. The Bertz CT molecular complexity index is 552. The molecule has 120 valence electrons. The fourth-order valence-corrected chi connectivity index (χ4v) is 5.80. The number of hydrogen-bond acceptors (Lipinski definition) is 4. The third kappa shape index (κ3) is 4.28. The minimum atomic E-state index is -3.33. The smallest absolute Gasteiger partial charge is 0.252 e. The molecular formula is C15H26N2O2S2. The zero-order chi connectivity index (χ0) is 15.5. The van der Waals surface area contributed by atoms with Crippen LogP contribution < -0.4 is 5.32 Å². The van der Waals surface area contributed by atoms with Crippen molar-refractivity contribution in [3.8, 4) is 0 Å².